The third-order valence-corrected chi connectivity index (χ3v) is 5.93. The Kier molecular flexibility index (Phi) is 7.54. The second kappa shape index (κ2) is 10.8. The van der Waals surface area contributed by atoms with Crippen molar-refractivity contribution in [1.82, 2.24) is 19.4 Å². The largest absolute Gasteiger partial charge is 0.376 e. The molecular formula is C25H31N5O4. The molecule has 1 aliphatic heterocycles. The average Bonchev–Trinajstić information content (AvgIpc) is 3.46. The molecule has 2 aromatic heterocycles. The van der Waals surface area contributed by atoms with E-state index in [9.17, 15) is 9.59 Å². The van der Waals surface area contributed by atoms with Gasteiger partial charge in [-0.1, -0.05) is 6.92 Å². The normalized spacial score (nSPS) is 15.6. The number of pyridine rings is 1. The quantitative estimate of drug-likeness (QED) is 0.521. The SMILES string of the molecule is CCCN(C[C@H]1CCCO1)C(=O)c1cc(NC(=O)COC)cc2nc(-c3ccncc3)n(C)c12. The van der Waals surface area contributed by atoms with Crippen LogP contribution in [0.4, 0.5) is 5.69 Å². The van der Waals surface area contributed by atoms with Crippen molar-refractivity contribution in [3.05, 3.63) is 42.2 Å². The van der Waals surface area contributed by atoms with Crippen molar-refractivity contribution in [1.29, 1.82) is 0 Å². The highest BCUT2D eigenvalue weighted by Crippen LogP contribution is 2.30. The number of carbonyl (C=O) groups is 2. The van der Waals surface area contributed by atoms with Crippen LogP contribution in [0.1, 0.15) is 36.5 Å². The molecule has 0 spiro atoms. The Balaban J connectivity index is 1.80. The number of anilines is 1. The monoisotopic (exact) mass is 465 g/mol. The van der Waals surface area contributed by atoms with Gasteiger partial charge in [0.1, 0.15) is 12.4 Å². The van der Waals surface area contributed by atoms with Gasteiger partial charge in [-0.25, -0.2) is 4.98 Å². The van der Waals surface area contributed by atoms with Gasteiger partial charge in [0.15, 0.2) is 0 Å². The van der Waals surface area contributed by atoms with Crippen molar-refractivity contribution < 1.29 is 19.1 Å². The minimum Gasteiger partial charge on any atom is -0.376 e. The molecular weight excluding hydrogens is 434 g/mol. The average molecular weight is 466 g/mol. The number of nitrogens with zero attached hydrogens (tertiary/aromatic N) is 4. The van der Waals surface area contributed by atoms with Gasteiger partial charge < -0.3 is 24.3 Å². The zero-order valence-corrected chi connectivity index (χ0v) is 19.9. The minimum atomic E-state index is -0.296. The molecule has 1 fully saturated rings. The van der Waals surface area contributed by atoms with Crippen LogP contribution in [0.2, 0.25) is 0 Å². The van der Waals surface area contributed by atoms with Crippen LogP contribution >= 0.6 is 0 Å². The molecule has 9 heteroatoms. The summed E-state index contributed by atoms with van der Waals surface area (Å²) in [4.78, 5) is 36.8. The molecule has 1 aromatic carbocycles. The zero-order valence-electron chi connectivity index (χ0n) is 19.9. The van der Waals surface area contributed by atoms with Crippen molar-refractivity contribution >= 4 is 28.5 Å². The molecule has 3 aromatic rings. The van der Waals surface area contributed by atoms with Gasteiger partial charge in [0.25, 0.3) is 5.91 Å². The van der Waals surface area contributed by atoms with E-state index in [1.165, 1.54) is 7.11 Å². The minimum absolute atomic E-state index is 0.0505. The summed E-state index contributed by atoms with van der Waals surface area (Å²) >= 11 is 0. The van der Waals surface area contributed by atoms with Gasteiger partial charge >= 0.3 is 0 Å². The molecule has 34 heavy (non-hydrogen) atoms. The zero-order chi connectivity index (χ0) is 24.1. The smallest absolute Gasteiger partial charge is 0.256 e. The second-order valence-corrected chi connectivity index (χ2v) is 8.49. The number of aryl methyl sites for hydroxylation is 1. The molecule has 1 N–H and O–H groups in total. The Labute approximate surface area is 199 Å². The lowest BCUT2D eigenvalue weighted by atomic mass is 10.1. The predicted molar refractivity (Wildman–Crippen MR) is 130 cm³/mol. The van der Waals surface area contributed by atoms with Gasteiger partial charge in [-0.3, -0.25) is 14.6 Å². The van der Waals surface area contributed by atoms with E-state index in [1.54, 1.807) is 24.5 Å². The number of aromatic nitrogens is 3. The number of ether oxygens (including phenoxy) is 2. The Hall–Kier alpha value is -3.30. The Morgan fingerprint density at radius 1 is 1.29 bits per heavy atom. The number of nitrogens with one attached hydrogen (secondary N) is 1. The number of imidazole rings is 1. The summed E-state index contributed by atoms with van der Waals surface area (Å²) in [6, 6.07) is 7.28. The Morgan fingerprint density at radius 2 is 2.09 bits per heavy atom. The van der Waals surface area contributed by atoms with Gasteiger partial charge in [-0.15, -0.1) is 0 Å². The maximum absolute atomic E-state index is 13.9. The van der Waals surface area contributed by atoms with Crippen LogP contribution in [-0.2, 0) is 21.3 Å². The molecule has 1 atom stereocenters. The van der Waals surface area contributed by atoms with Crippen LogP contribution in [0.5, 0.6) is 0 Å². The molecule has 1 saturated heterocycles. The lowest BCUT2D eigenvalue weighted by Crippen LogP contribution is -2.38. The summed E-state index contributed by atoms with van der Waals surface area (Å²) in [5, 5.41) is 2.82. The summed E-state index contributed by atoms with van der Waals surface area (Å²) in [6.07, 6.45) is 6.27. The number of fused-ring (bicyclic) bond motifs is 1. The molecule has 9 nitrogen and oxygen atoms in total. The number of hydrogen-bond acceptors (Lipinski definition) is 6. The predicted octanol–water partition coefficient (Wildman–Crippen LogP) is 3.25. The molecule has 180 valence electrons. The van der Waals surface area contributed by atoms with Crippen LogP contribution in [0, 0.1) is 0 Å². The number of benzene rings is 1. The number of carbonyl (C=O) groups excluding carboxylic acids is 2. The van der Waals surface area contributed by atoms with Crippen LogP contribution in [0.25, 0.3) is 22.4 Å². The summed E-state index contributed by atoms with van der Waals surface area (Å²) < 4.78 is 12.7. The number of hydrogen-bond donors (Lipinski definition) is 1. The summed E-state index contributed by atoms with van der Waals surface area (Å²) in [7, 11) is 3.36. The number of methoxy groups -OCH3 is 1. The summed E-state index contributed by atoms with van der Waals surface area (Å²) in [5.74, 6) is 0.317. The second-order valence-electron chi connectivity index (χ2n) is 8.49. The van der Waals surface area contributed by atoms with Gasteiger partial charge in [0.05, 0.1) is 22.7 Å². The van der Waals surface area contributed by atoms with E-state index in [2.05, 4.69) is 17.2 Å². The summed E-state index contributed by atoms with van der Waals surface area (Å²) in [6.45, 7) is 3.88. The lowest BCUT2D eigenvalue weighted by molar-refractivity contribution is -0.119. The molecule has 0 unspecified atom stereocenters. The van der Waals surface area contributed by atoms with Gasteiger partial charge in [0.2, 0.25) is 5.91 Å². The Bertz CT molecular complexity index is 1160. The van der Waals surface area contributed by atoms with Gasteiger partial charge in [-0.2, -0.15) is 0 Å². The van der Waals surface area contributed by atoms with E-state index in [1.807, 2.05) is 28.6 Å². The maximum atomic E-state index is 13.9. The standard InChI is InChI=1S/C25H31N5O4/c1-4-11-30(15-19-6-5-12-34-19)25(32)20-13-18(27-22(31)16-33-3)14-21-23(20)29(2)24(28-21)17-7-9-26-10-8-17/h7-10,13-14,19H,4-6,11-12,15-16H2,1-3H3,(H,27,31)/t19-/m1/s1. The van der Waals surface area contributed by atoms with Crippen LogP contribution in [-0.4, -0.2) is 70.8 Å². The Morgan fingerprint density at radius 3 is 2.76 bits per heavy atom. The van der Waals surface area contributed by atoms with Crippen LogP contribution < -0.4 is 5.32 Å². The van der Waals surface area contributed by atoms with E-state index < -0.39 is 0 Å². The molecule has 3 heterocycles. The highest BCUT2D eigenvalue weighted by Gasteiger charge is 2.26. The third kappa shape index (κ3) is 5.10. The van der Waals surface area contributed by atoms with E-state index >= 15 is 0 Å². The topological polar surface area (TPSA) is 98.6 Å². The third-order valence-electron chi connectivity index (χ3n) is 5.93. The number of rotatable bonds is 9. The van der Waals surface area contributed by atoms with E-state index in [4.69, 9.17) is 14.5 Å². The molecule has 1 aliphatic rings. The van der Waals surface area contributed by atoms with Crippen molar-refractivity contribution in [3.8, 4) is 11.4 Å². The first-order valence-corrected chi connectivity index (χ1v) is 11.6. The summed E-state index contributed by atoms with van der Waals surface area (Å²) in [5.41, 5.74) is 3.23. The first kappa shape index (κ1) is 23.8. The van der Waals surface area contributed by atoms with Crippen LogP contribution in [0.15, 0.2) is 36.7 Å². The van der Waals surface area contributed by atoms with Crippen molar-refractivity contribution in [2.75, 3.05) is 38.7 Å². The first-order valence-electron chi connectivity index (χ1n) is 11.6. The first-order chi connectivity index (χ1) is 16.5. The van der Waals surface area contributed by atoms with Crippen molar-refractivity contribution in [2.45, 2.75) is 32.3 Å². The van der Waals surface area contributed by atoms with Gasteiger partial charge in [-0.05, 0) is 43.5 Å². The fourth-order valence-electron chi connectivity index (χ4n) is 4.42. The van der Waals surface area contributed by atoms with Gasteiger partial charge in [0, 0.05) is 57.5 Å². The van der Waals surface area contributed by atoms with E-state index in [0.717, 1.165) is 36.9 Å². The fourth-order valence-corrected chi connectivity index (χ4v) is 4.42. The molecule has 0 saturated carbocycles. The number of amides is 2. The van der Waals surface area contributed by atoms with Crippen molar-refractivity contribution in [3.63, 3.8) is 0 Å². The van der Waals surface area contributed by atoms with Crippen molar-refractivity contribution in [2.24, 2.45) is 7.05 Å². The molecule has 0 bridgehead atoms. The highest BCUT2D eigenvalue weighted by atomic mass is 16.5. The molecule has 2 amide bonds. The molecule has 0 aliphatic carbocycles. The molecule has 0 radical (unpaired) electrons. The van der Waals surface area contributed by atoms with Crippen LogP contribution in [0.3, 0.4) is 0 Å². The molecule has 4 rings (SSSR count). The maximum Gasteiger partial charge on any atom is 0.256 e. The highest BCUT2D eigenvalue weighted by molar-refractivity contribution is 6.08. The van der Waals surface area contributed by atoms with E-state index in [-0.39, 0.29) is 24.5 Å². The fraction of sp³-hybridized carbons (Fsp3) is 0.440. The van der Waals surface area contributed by atoms with E-state index in [0.29, 0.717) is 35.7 Å². The lowest BCUT2D eigenvalue weighted by Gasteiger charge is -2.26.